The standard InChI is InChI=1S/C13H22N4O.2ClH/c1-2-12-15-6-8-17(12)7-5-13(18)16-11-4-3-10(14)9-11;;/h6,8,10-11H,2-5,7,9,14H2,1H3,(H,16,18);2*1H/t10-,11-;;/m1../s1. The molecule has 2 rings (SSSR count). The van der Waals surface area contributed by atoms with Crippen LogP contribution in [0.25, 0.3) is 0 Å². The monoisotopic (exact) mass is 322 g/mol. The Hall–Kier alpha value is -0.780. The van der Waals surface area contributed by atoms with E-state index >= 15 is 0 Å². The number of hydrogen-bond donors (Lipinski definition) is 2. The largest absolute Gasteiger partial charge is 0.353 e. The van der Waals surface area contributed by atoms with Gasteiger partial charge in [0, 0.05) is 43.9 Å². The highest BCUT2D eigenvalue weighted by Crippen LogP contribution is 2.17. The maximum atomic E-state index is 11.8. The van der Waals surface area contributed by atoms with Crippen LogP contribution in [0.2, 0.25) is 0 Å². The molecule has 7 heteroatoms. The van der Waals surface area contributed by atoms with Crippen LogP contribution in [0.4, 0.5) is 0 Å². The van der Waals surface area contributed by atoms with Gasteiger partial charge in [0.05, 0.1) is 0 Å². The van der Waals surface area contributed by atoms with Gasteiger partial charge in [0.15, 0.2) is 0 Å². The Kier molecular flexibility index (Phi) is 8.85. The van der Waals surface area contributed by atoms with Crippen molar-refractivity contribution in [3.63, 3.8) is 0 Å². The zero-order valence-electron chi connectivity index (χ0n) is 11.7. The van der Waals surface area contributed by atoms with Crippen molar-refractivity contribution in [3.8, 4) is 0 Å². The van der Waals surface area contributed by atoms with Gasteiger partial charge in [-0.15, -0.1) is 24.8 Å². The van der Waals surface area contributed by atoms with Crippen molar-refractivity contribution >= 4 is 30.7 Å². The third-order valence-electron chi connectivity index (χ3n) is 3.54. The summed E-state index contributed by atoms with van der Waals surface area (Å²) in [5.74, 6) is 1.15. The highest BCUT2D eigenvalue weighted by atomic mass is 35.5. The molecule has 20 heavy (non-hydrogen) atoms. The average Bonchev–Trinajstić information content (AvgIpc) is 2.95. The van der Waals surface area contributed by atoms with Gasteiger partial charge in [-0.1, -0.05) is 6.92 Å². The molecule has 1 saturated carbocycles. The molecular formula is C13H24Cl2N4O. The number of aryl methyl sites for hydroxylation is 2. The van der Waals surface area contributed by atoms with Crippen molar-refractivity contribution < 1.29 is 4.79 Å². The predicted molar refractivity (Wildman–Crippen MR) is 84.5 cm³/mol. The Morgan fingerprint density at radius 3 is 2.85 bits per heavy atom. The smallest absolute Gasteiger partial charge is 0.222 e. The molecule has 5 nitrogen and oxygen atoms in total. The van der Waals surface area contributed by atoms with Crippen LogP contribution in [0.15, 0.2) is 12.4 Å². The van der Waals surface area contributed by atoms with Gasteiger partial charge >= 0.3 is 0 Å². The summed E-state index contributed by atoms with van der Waals surface area (Å²) in [4.78, 5) is 16.1. The van der Waals surface area contributed by atoms with Crippen LogP contribution in [0, 0.1) is 0 Å². The van der Waals surface area contributed by atoms with Crippen LogP contribution in [0.3, 0.4) is 0 Å². The third kappa shape index (κ3) is 5.31. The number of aromatic nitrogens is 2. The Morgan fingerprint density at radius 2 is 2.25 bits per heavy atom. The number of imidazole rings is 1. The SMILES string of the molecule is CCc1nccn1CCC(=O)N[C@@H]1CC[C@@H](N)C1.Cl.Cl. The number of amides is 1. The minimum atomic E-state index is 0. The van der Waals surface area contributed by atoms with Gasteiger partial charge in [0.25, 0.3) is 0 Å². The first kappa shape index (κ1) is 19.2. The van der Waals surface area contributed by atoms with E-state index in [2.05, 4.69) is 17.2 Å². The zero-order valence-corrected chi connectivity index (χ0v) is 13.4. The van der Waals surface area contributed by atoms with Crippen LogP contribution < -0.4 is 11.1 Å². The van der Waals surface area contributed by atoms with Crippen LogP contribution >= 0.6 is 24.8 Å². The molecule has 0 aliphatic heterocycles. The number of halogens is 2. The number of nitrogens with two attached hydrogens (primary N) is 1. The summed E-state index contributed by atoms with van der Waals surface area (Å²) in [6.45, 7) is 2.77. The summed E-state index contributed by atoms with van der Waals surface area (Å²) in [5.41, 5.74) is 5.83. The number of rotatable bonds is 5. The van der Waals surface area contributed by atoms with Crippen molar-refractivity contribution in [1.82, 2.24) is 14.9 Å². The molecule has 0 saturated heterocycles. The third-order valence-corrected chi connectivity index (χ3v) is 3.54. The van der Waals surface area contributed by atoms with Crippen molar-refractivity contribution in [3.05, 3.63) is 18.2 Å². The maximum absolute atomic E-state index is 11.8. The fourth-order valence-corrected chi connectivity index (χ4v) is 2.53. The molecule has 1 aromatic rings. The molecule has 1 fully saturated rings. The second kappa shape index (κ2) is 9.21. The van der Waals surface area contributed by atoms with E-state index in [1.807, 2.05) is 10.8 Å². The van der Waals surface area contributed by atoms with Crippen LogP contribution in [0.1, 0.15) is 38.4 Å². The molecule has 2 atom stereocenters. The number of carbonyl (C=O) groups excluding carboxylic acids is 1. The van der Waals surface area contributed by atoms with Crippen LogP contribution in [-0.2, 0) is 17.8 Å². The average molecular weight is 323 g/mol. The van der Waals surface area contributed by atoms with Crippen LogP contribution in [0.5, 0.6) is 0 Å². The summed E-state index contributed by atoms with van der Waals surface area (Å²) in [5, 5.41) is 3.06. The topological polar surface area (TPSA) is 72.9 Å². The first-order valence-corrected chi connectivity index (χ1v) is 6.74. The van der Waals surface area contributed by atoms with Gasteiger partial charge in [0.2, 0.25) is 5.91 Å². The van der Waals surface area contributed by atoms with E-state index in [1.54, 1.807) is 6.20 Å². The molecule has 1 aromatic heterocycles. The van der Waals surface area contributed by atoms with E-state index in [0.717, 1.165) is 31.5 Å². The molecular weight excluding hydrogens is 299 g/mol. The van der Waals surface area contributed by atoms with Crippen LogP contribution in [-0.4, -0.2) is 27.5 Å². The van der Waals surface area contributed by atoms with E-state index < -0.39 is 0 Å². The minimum Gasteiger partial charge on any atom is -0.353 e. The van der Waals surface area contributed by atoms with E-state index in [0.29, 0.717) is 13.0 Å². The normalized spacial score (nSPS) is 20.9. The lowest BCUT2D eigenvalue weighted by Crippen LogP contribution is -2.34. The molecule has 3 N–H and O–H groups in total. The summed E-state index contributed by atoms with van der Waals surface area (Å²) >= 11 is 0. The summed E-state index contributed by atoms with van der Waals surface area (Å²) in [6, 6.07) is 0.538. The van der Waals surface area contributed by atoms with Gasteiger partial charge in [-0.2, -0.15) is 0 Å². The van der Waals surface area contributed by atoms with Crippen molar-refractivity contribution in [2.45, 2.75) is 57.7 Å². The van der Waals surface area contributed by atoms with E-state index in [9.17, 15) is 4.79 Å². The van der Waals surface area contributed by atoms with Gasteiger partial charge < -0.3 is 15.6 Å². The molecule has 0 aromatic carbocycles. The number of carbonyl (C=O) groups is 1. The lowest BCUT2D eigenvalue weighted by atomic mass is 10.2. The lowest BCUT2D eigenvalue weighted by Gasteiger charge is -2.13. The second-order valence-electron chi connectivity index (χ2n) is 4.98. The molecule has 116 valence electrons. The molecule has 0 radical (unpaired) electrons. The lowest BCUT2D eigenvalue weighted by molar-refractivity contribution is -0.122. The Labute approximate surface area is 132 Å². The first-order valence-electron chi connectivity index (χ1n) is 6.74. The molecule has 0 spiro atoms. The van der Waals surface area contributed by atoms with Gasteiger partial charge in [-0.3, -0.25) is 4.79 Å². The highest BCUT2D eigenvalue weighted by Gasteiger charge is 2.22. The van der Waals surface area contributed by atoms with E-state index in [4.69, 9.17) is 5.73 Å². The van der Waals surface area contributed by atoms with Crippen molar-refractivity contribution in [2.24, 2.45) is 5.73 Å². The molecule has 1 amide bonds. The fraction of sp³-hybridized carbons (Fsp3) is 0.692. The molecule has 1 aliphatic carbocycles. The van der Waals surface area contributed by atoms with Gasteiger partial charge in [-0.05, 0) is 19.3 Å². The quantitative estimate of drug-likeness (QED) is 0.866. The molecule has 1 aliphatic rings. The zero-order chi connectivity index (χ0) is 13.0. The summed E-state index contributed by atoms with van der Waals surface area (Å²) in [6.07, 6.45) is 8.06. The van der Waals surface area contributed by atoms with E-state index in [-0.39, 0.29) is 42.8 Å². The van der Waals surface area contributed by atoms with Gasteiger partial charge in [0.1, 0.15) is 5.82 Å². The minimum absolute atomic E-state index is 0. The van der Waals surface area contributed by atoms with Crippen molar-refractivity contribution in [2.75, 3.05) is 0 Å². The second-order valence-corrected chi connectivity index (χ2v) is 4.98. The van der Waals surface area contributed by atoms with Crippen molar-refractivity contribution in [1.29, 1.82) is 0 Å². The van der Waals surface area contributed by atoms with Gasteiger partial charge in [-0.25, -0.2) is 4.98 Å². The Bertz CT molecular complexity index is 411. The molecule has 0 unspecified atom stereocenters. The molecule has 1 heterocycles. The number of hydrogen-bond acceptors (Lipinski definition) is 3. The fourth-order valence-electron chi connectivity index (χ4n) is 2.53. The predicted octanol–water partition coefficient (Wildman–Crippen LogP) is 1.68. The number of nitrogens with one attached hydrogen (secondary N) is 1. The summed E-state index contributed by atoms with van der Waals surface area (Å²) in [7, 11) is 0. The maximum Gasteiger partial charge on any atom is 0.222 e. The Balaban J connectivity index is 0.00000180. The number of nitrogens with zero attached hydrogens (tertiary/aromatic N) is 2. The highest BCUT2D eigenvalue weighted by molar-refractivity contribution is 5.85. The summed E-state index contributed by atoms with van der Waals surface area (Å²) < 4.78 is 2.04. The molecule has 0 bridgehead atoms. The first-order chi connectivity index (χ1) is 8.69. The Morgan fingerprint density at radius 1 is 1.50 bits per heavy atom. The van der Waals surface area contributed by atoms with E-state index in [1.165, 1.54) is 0 Å².